The average molecular weight is 477 g/mol. The van der Waals surface area contributed by atoms with Gasteiger partial charge in [-0.3, -0.25) is 9.59 Å². The van der Waals surface area contributed by atoms with Crippen molar-refractivity contribution in [3.63, 3.8) is 0 Å². The number of amides is 1. The van der Waals surface area contributed by atoms with Gasteiger partial charge in [-0.1, -0.05) is 24.6 Å². The number of carboxylic acid groups (broad SMARTS) is 1. The van der Waals surface area contributed by atoms with Crippen molar-refractivity contribution in [1.29, 1.82) is 0 Å². The van der Waals surface area contributed by atoms with Crippen LogP contribution >= 0.6 is 11.6 Å². The molecule has 0 saturated heterocycles. The number of aliphatic carboxylic acids is 1. The lowest BCUT2D eigenvalue weighted by molar-refractivity contribution is -0.137. The van der Waals surface area contributed by atoms with Gasteiger partial charge in [0.15, 0.2) is 17.2 Å². The molecular weight excluding hydrogens is 452 g/mol. The number of anilines is 1. The van der Waals surface area contributed by atoms with Crippen LogP contribution in [0.1, 0.15) is 31.4 Å². The summed E-state index contributed by atoms with van der Waals surface area (Å²) in [7, 11) is 1.49. The SMILES string of the molecule is CCCOc1ccc(C(CC(=O)O)NC(=O)CN2CC(=O)Oc3ccc(Cl)cc32)cc1OC. The van der Waals surface area contributed by atoms with E-state index < -0.39 is 23.9 Å². The number of esters is 1. The highest BCUT2D eigenvalue weighted by atomic mass is 35.5. The molecule has 10 heteroatoms. The van der Waals surface area contributed by atoms with E-state index in [9.17, 15) is 19.5 Å². The van der Waals surface area contributed by atoms with Crippen LogP contribution in [0.15, 0.2) is 36.4 Å². The minimum atomic E-state index is -1.08. The van der Waals surface area contributed by atoms with Crippen LogP contribution < -0.4 is 24.4 Å². The van der Waals surface area contributed by atoms with Crippen molar-refractivity contribution in [2.24, 2.45) is 0 Å². The standard InChI is InChI=1S/C23H25ClN2O7/c1-3-8-32-19-6-4-14(9-20(19)31-2)16(11-22(28)29)25-21(27)12-26-13-23(30)33-18-7-5-15(24)10-17(18)26/h4-7,9-10,16H,3,8,11-13H2,1-2H3,(H,25,27)(H,28,29). The van der Waals surface area contributed by atoms with Gasteiger partial charge in [0.2, 0.25) is 5.91 Å². The summed E-state index contributed by atoms with van der Waals surface area (Å²) in [5, 5.41) is 12.6. The number of methoxy groups -OCH3 is 1. The highest BCUT2D eigenvalue weighted by molar-refractivity contribution is 6.31. The lowest BCUT2D eigenvalue weighted by Crippen LogP contribution is -2.44. The molecule has 2 aromatic rings. The highest BCUT2D eigenvalue weighted by Crippen LogP contribution is 2.34. The molecule has 1 heterocycles. The molecule has 2 aromatic carbocycles. The van der Waals surface area contributed by atoms with Gasteiger partial charge >= 0.3 is 11.9 Å². The first-order valence-corrected chi connectivity index (χ1v) is 10.8. The summed E-state index contributed by atoms with van der Waals surface area (Å²) in [6.07, 6.45) is 0.482. The first-order chi connectivity index (χ1) is 15.8. The number of hydrogen-bond acceptors (Lipinski definition) is 7. The van der Waals surface area contributed by atoms with Crippen molar-refractivity contribution in [1.82, 2.24) is 5.32 Å². The minimum absolute atomic E-state index is 0.137. The molecule has 9 nitrogen and oxygen atoms in total. The molecule has 33 heavy (non-hydrogen) atoms. The molecule has 0 radical (unpaired) electrons. The van der Waals surface area contributed by atoms with Crippen LogP contribution in [0.4, 0.5) is 5.69 Å². The fourth-order valence-electron chi connectivity index (χ4n) is 3.43. The summed E-state index contributed by atoms with van der Waals surface area (Å²) in [5.41, 5.74) is 1.05. The van der Waals surface area contributed by atoms with E-state index in [1.54, 1.807) is 36.4 Å². The molecule has 1 aliphatic heterocycles. The summed E-state index contributed by atoms with van der Waals surface area (Å²) in [4.78, 5) is 37.8. The second-order valence-electron chi connectivity index (χ2n) is 7.42. The molecular formula is C23H25ClN2O7. The van der Waals surface area contributed by atoms with E-state index >= 15 is 0 Å². The van der Waals surface area contributed by atoms with Gasteiger partial charge in [0, 0.05) is 5.02 Å². The summed E-state index contributed by atoms with van der Waals surface area (Å²) < 4.78 is 16.2. The maximum Gasteiger partial charge on any atom is 0.331 e. The summed E-state index contributed by atoms with van der Waals surface area (Å²) in [5.74, 6) is -0.779. The number of fused-ring (bicyclic) bond motifs is 1. The molecule has 2 N–H and O–H groups in total. The van der Waals surface area contributed by atoms with Gasteiger partial charge in [0.05, 0.1) is 38.4 Å². The summed E-state index contributed by atoms with van der Waals surface area (Å²) >= 11 is 6.05. The van der Waals surface area contributed by atoms with Crippen LogP contribution in [-0.2, 0) is 14.4 Å². The summed E-state index contributed by atoms with van der Waals surface area (Å²) in [6.45, 7) is 2.16. The maximum absolute atomic E-state index is 12.9. The monoisotopic (exact) mass is 476 g/mol. The molecule has 1 amide bonds. The predicted molar refractivity (Wildman–Crippen MR) is 121 cm³/mol. The molecule has 1 unspecified atom stereocenters. The Bertz CT molecular complexity index is 1040. The normalized spacial score (nSPS) is 13.5. The number of carboxylic acids is 1. The number of nitrogens with zero attached hydrogens (tertiary/aromatic N) is 1. The molecule has 1 atom stereocenters. The van der Waals surface area contributed by atoms with Gasteiger partial charge in [-0.05, 0) is 42.3 Å². The number of benzene rings is 2. The average Bonchev–Trinajstić information content (AvgIpc) is 2.77. The van der Waals surface area contributed by atoms with Gasteiger partial charge in [0.1, 0.15) is 6.54 Å². The Morgan fingerprint density at radius 1 is 1.24 bits per heavy atom. The largest absolute Gasteiger partial charge is 0.493 e. The van der Waals surface area contributed by atoms with E-state index in [4.69, 9.17) is 25.8 Å². The lowest BCUT2D eigenvalue weighted by Gasteiger charge is -2.30. The van der Waals surface area contributed by atoms with Crippen LogP contribution in [0.3, 0.4) is 0 Å². The number of carbonyl (C=O) groups is 3. The Labute approximate surface area is 196 Å². The van der Waals surface area contributed by atoms with Gasteiger partial charge in [-0.15, -0.1) is 0 Å². The Hall–Kier alpha value is -3.46. The maximum atomic E-state index is 12.9. The van der Waals surface area contributed by atoms with Crippen molar-refractivity contribution in [3.8, 4) is 17.2 Å². The van der Waals surface area contributed by atoms with Crippen molar-refractivity contribution in [3.05, 3.63) is 47.0 Å². The van der Waals surface area contributed by atoms with Crippen LogP contribution in [0.2, 0.25) is 5.02 Å². The molecule has 0 spiro atoms. The molecule has 176 valence electrons. The van der Waals surface area contributed by atoms with Crippen LogP contribution in [0.25, 0.3) is 0 Å². The number of ether oxygens (including phenoxy) is 3. The van der Waals surface area contributed by atoms with Crippen LogP contribution in [-0.4, -0.2) is 49.8 Å². The van der Waals surface area contributed by atoms with E-state index in [2.05, 4.69) is 5.32 Å². The van der Waals surface area contributed by atoms with Crippen molar-refractivity contribution >= 4 is 35.1 Å². The van der Waals surface area contributed by atoms with Gasteiger partial charge in [-0.25, -0.2) is 4.79 Å². The predicted octanol–water partition coefficient (Wildman–Crippen LogP) is 3.20. The number of hydrogen-bond donors (Lipinski definition) is 2. The molecule has 0 aliphatic carbocycles. The van der Waals surface area contributed by atoms with Gasteiger partial charge in [-0.2, -0.15) is 0 Å². The first kappa shape index (κ1) is 24.2. The Morgan fingerprint density at radius 2 is 2.03 bits per heavy atom. The fourth-order valence-corrected chi connectivity index (χ4v) is 3.60. The minimum Gasteiger partial charge on any atom is -0.493 e. The smallest absolute Gasteiger partial charge is 0.331 e. The van der Waals surface area contributed by atoms with E-state index in [1.807, 2.05) is 6.92 Å². The molecule has 0 fully saturated rings. The number of nitrogens with one attached hydrogen (secondary N) is 1. The molecule has 1 aliphatic rings. The van der Waals surface area contributed by atoms with Crippen molar-refractivity contribution < 1.29 is 33.7 Å². The van der Waals surface area contributed by atoms with E-state index in [1.165, 1.54) is 12.0 Å². The molecule has 0 saturated carbocycles. The molecule has 0 aromatic heterocycles. The van der Waals surface area contributed by atoms with Gasteiger partial charge < -0.3 is 29.5 Å². The van der Waals surface area contributed by atoms with E-state index in [0.29, 0.717) is 40.1 Å². The molecule has 3 rings (SSSR count). The van der Waals surface area contributed by atoms with Crippen molar-refractivity contribution in [2.75, 3.05) is 31.7 Å². The molecule has 0 bridgehead atoms. The number of halogens is 1. The number of carbonyl (C=O) groups excluding carboxylic acids is 2. The second-order valence-corrected chi connectivity index (χ2v) is 7.86. The number of rotatable bonds is 10. The van der Waals surface area contributed by atoms with Crippen LogP contribution in [0.5, 0.6) is 17.2 Å². The Kier molecular flexibility index (Phi) is 8.00. The fraction of sp³-hybridized carbons (Fsp3) is 0.348. The van der Waals surface area contributed by atoms with Gasteiger partial charge in [0.25, 0.3) is 0 Å². The third kappa shape index (κ3) is 6.29. The Morgan fingerprint density at radius 3 is 2.73 bits per heavy atom. The zero-order chi connectivity index (χ0) is 24.0. The van der Waals surface area contributed by atoms with E-state index in [-0.39, 0.29) is 19.5 Å². The quantitative estimate of drug-likeness (QED) is 0.397. The first-order valence-electron chi connectivity index (χ1n) is 10.4. The second kappa shape index (κ2) is 10.9. The van der Waals surface area contributed by atoms with Crippen molar-refractivity contribution in [2.45, 2.75) is 25.8 Å². The third-order valence-electron chi connectivity index (χ3n) is 4.91. The van der Waals surface area contributed by atoms with E-state index in [0.717, 1.165) is 6.42 Å². The zero-order valence-electron chi connectivity index (χ0n) is 18.3. The Balaban J connectivity index is 1.79. The zero-order valence-corrected chi connectivity index (χ0v) is 19.1. The topological polar surface area (TPSA) is 114 Å². The lowest BCUT2D eigenvalue weighted by atomic mass is 10.0. The third-order valence-corrected chi connectivity index (χ3v) is 5.14. The van der Waals surface area contributed by atoms with Crippen LogP contribution in [0, 0.1) is 0 Å². The summed E-state index contributed by atoms with van der Waals surface area (Å²) in [6, 6.07) is 8.94. The highest BCUT2D eigenvalue weighted by Gasteiger charge is 2.27.